The van der Waals surface area contributed by atoms with Crippen LogP contribution in [0.3, 0.4) is 0 Å². The quantitative estimate of drug-likeness (QED) is 0.737. The molecule has 1 heterocycles. The maximum Gasteiger partial charge on any atom is 0.329 e. The summed E-state index contributed by atoms with van der Waals surface area (Å²) in [4.78, 5) is 40.7. The van der Waals surface area contributed by atoms with E-state index in [1.54, 1.807) is 36.5 Å². The lowest BCUT2D eigenvalue weighted by atomic mass is 9.77. The van der Waals surface area contributed by atoms with Gasteiger partial charge in [-0.05, 0) is 61.9 Å². The molecule has 1 aliphatic rings. The fraction of sp³-hybridized carbons (Fsp3) is 0.333. The van der Waals surface area contributed by atoms with E-state index in [9.17, 15) is 19.5 Å². The molecule has 3 rings (SSSR count). The molecule has 0 bridgehead atoms. The maximum atomic E-state index is 12.7. The third-order valence-corrected chi connectivity index (χ3v) is 5.20. The molecule has 0 saturated heterocycles. The second-order valence-corrected chi connectivity index (χ2v) is 7.30. The molecule has 1 fully saturated rings. The highest BCUT2D eigenvalue weighted by atomic mass is 16.4. The van der Waals surface area contributed by atoms with Crippen molar-refractivity contribution in [1.29, 1.82) is 0 Å². The van der Waals surface area contributed by atoms with E-state index < -0.39 is 17.4 Å². The number of nitrogens with zero attached hydrogens (tertiary/aromatic N) is 1. The predicted molar refractivity (Wildman–Crippen MR) is 104 cm³/mol. The molecule has 2 aromatic rings. The fourth-order valence-corrected chi connectivity index (χ4v) is 3.38. The lowest BCUT2D eigenvalue weighted by Crippen LogP contribution is -2.56. The van der Waals surface area contributed by atoms with Crippen molar-refractivity contribution in [2.45, 2.75) is 38.1 Å². The van der Waals surface area contributed by atoms with Crippen LogP contribution in [0.4, 0.5) is 5.69 Å². The van der Waals surface area contributed by atoms with Crippen LogP contribution in [-0.4, -0.2) is 33.4 Å². The molecule has 0 unspecified atom stereocenters. The number of pyridine rings is 1. The van der Waals surface area contributed by atoms with Crippen LogP contribution in [0, 0.1) is 5.92 Å². The van der Waals surface area contributed by atoms with E-state index in [1.165, 1.54) is 12.3 Å². The van der Waals surface area contributed by atoms with Gasteiger partial charge in [0.05, 0.1) is 5.56 Å². The molecule has 1 aliphatic carbocycles. The number of hydrogen-bond donors (Lipinski definition) is 3. The minimum absolute atomic E-state index is 0.295. The van der Waals surface area contributed by atoms with Gasteiger partial charge in [0.2, 0.25) is 0 Å². The van der Waals surface area contributed by atoms with Gasteiger partial charge in [-0.25, -0.2) is 4.79 Å². The SMILES string of the molecule is CC1CCC(NC(=O)c2cccc(NC(=O)c3cccnc3)c2)(C(=O)O)CC1. The highest BCUT2D eigenvalue weighted by Gasteiger charge is 2.42. The van der Waals surface area contributed by atoms with Gasteiger partial charge < -0.3 is 15.7 Å². The Labute approximate surface area is 163 Å². The summed E-state index contributed by atoms with van der Waals surface area (Å²) in [6.45, 7) is 2.09. The molecule has 0 atom stereocenters. The topological polar surface area (TPSA) is 108 Å². The summed E-state index contributed by atoms with van der Waals surface area (Å²) in [6, 6.07) is 9.74. The van der Waals surface area contributed by atoms with Crippen molar-refractivity contribution in [3.05, 3.63) is 59.9 Å². The van der Waals surface area contributed by atoms with E-state index in [4.69, 9.17) is 0 Å². The normalized spacial score (nSPS) is 21.5. The Morgan fingerprint density at radius 3 is 2.43 bits per heavy atom. The van der Waals surface area contributed by atoms with Crippen molar-refractivity contribution in [3.63, 3.8) is 0 Å². The molecule has 0 radical (unpaired) electrons. The summed E-state index contributed by atoms with van der Waals surface area (Å²) >= 11 is 0. The third-order valence-electron chi connectivity index (χ3n) is 5.20. The molecular weight excluding hydrogens is 358 g/mol. The van der Waals surface area contributed by atoms with Gasteiger partial charge >= 0.3 is 5.97 Å². The number of carboxylic acids is 1. The first-order valence-corrected chi connectivity index (χ1v) is 9.27. The van der Waals surface area contributed by atoms with Crippen molar-refractivity contribution >= 4 is 23.5 Å². The Balaban J connectivity index is 1.73. The van der Waals surface area contributed by atoms with E-state index in [2.05, 4.69) is 22.5 Å². The number of carbonyl (C=O) groups excluding carboxylic acids is 2. The maximum absolute atomic E-state index is 12.7. The van der Waals surface area contributed by atoms with E-state index in [-0.39, 0.29) is 5.91 Å². The van der Waals surface area contributed by atoms with Crippen LogP contribution >= 0.6 is 0 Å². The molecule has 146 valence electrons. The zero-order valence-electron chi connectivity index (χ0n) is 15.6. The van der Waals surface area contributed by atoms with Gasteiger partial charge in [0, 0.05) is 23.6 Å². The molecule has 0 spiro atoms. The number of aliphatic carboxylic acids is 1. The minimum Gasteiger partial charge on any atom is -0.480 e. The van der Waals surface area contributed by atoms with Gasteiger partial charge in [-0.1, -0.05) is 13.0 Å². The number of benzene rings is 1. The van der Waals surface area contributed by atoms with Crippen molar-refractivity contribution in [2.24, 2.45) is 5.92 Å². The Hall–Kier alpha value is -3.22. The molecule has 1 aromatic carbocycles. The molecule has 0 aliphatic heterocycles. The highest BCUT2D eigenvalue weighted by Crippen LogP contribution is 2.32. The van der Waals surface area contributed by atoms with Gasteiger partial charge in [-0.15, -0.1) is 0 Å². The summed E-state index contributed by atoms with van der Waals surface area (Å²) in [5, 5.41) is 15.1. The summed E-state index contributed by atoms with van der Waals surface area (Å²) in [5.41, 5.74) is -0.0941. The molecule has 2 amide bonds. The van der Waals surface area contributed by atoms with Gasteiger partial charge in [0.25, 0.3) is 11.8 Å². The van der Waals surface area contributed by atoms with Crippen molar-refractivity contribution in [1.82, 2.24) is 10.3 Å². The predicted octanol–water partition coefficient (Wildman–Crippen LogP) is 3.10. The molecule has 1 aromatic heterocycles. The summed E-state index contributed by atoms with van der Waals surface area (Å²) < 4.78 is 0. The number of amides is 2. The van der Waals surface area contributed by atoms with E-state index in [0.717, 1.165) is 12.8 Å². The monoisotopic (exact) mass is 381 g/mol. The zero-order valence-corrected chi connectivity index (χ0v) is 15.6. The molecule has 7 heteroatoms. The Bertz CT molecular complexity index is 874. The Kier molecular flexibility index (Phi) is 5.73. The molecular formula is C21H23N3O4. The minimum atomic E-state index is -1.24. The van der Waals surface area contributed by atoms with E-state index >= 15 is 0 Å². The van der Waals surface area contributed by atoms with Crippen LogP contribution in [0.15, 0.2) is 48.8 Å². The average molecular weight is 381 g/mol. The summed E-state index contributed by atoms with van der Waals surface area (Å²) in [7, 11) is 0. The molecule has 1 saturated carbocycles. The number of aromatic nitrogens is 1. The van der Waals surface area contributed by atoms with Crippen LogP contribution in [0.2, 0.25) is 0 Å². The first kappa shape index (κ1) is 19.5. The molecule has 3 N–H and O–H groups in total. The van der Waals surface area contributed by atoms with Crippen molar-refractivity contribution in [3.8, 4) is 0 Å². The largest absolute Gasteiger partial charge is 0.480 e. The van der Waals surface area contributed by atoms with Gasteiger partial charge in [0.15, 0.2) is 0 Å². The lowest BCUT2D eigenvalue weighted by molar-refractivity contribution is -0.146. The summed E-state index contributed by atoms with van der Waals surface area (Å²) in [5.74, 6) is -1.35. The number of nitrogens with one attached hydrogen (secondary N) is 2. The van der Waals surface area contributed by atoms with Crippen LogP contribution in [0.1, 0.15) is 53.3 Å². The smallest absolute Gasteiger partial charge is 0.329 e. The number of anilines is 1. The van der Waals surface area contributed by atoms with E-state index in [0.29, 0.717) is 35.6 Å². The van der Waals surface area contributed by atoms with Gasteiger partial charge in [-0.2, -0.15) is 0 Å². The molecule has 7 nitrogen and oxygen atoms in total. The van der Waals surface area contributed by atoms with Gasteiger partial charge in [0.1, 0.15) is 5.54 Å². The van der Waals surface area contributed by atoms with Crippen LogP contribution in [0.5, 0.6) is 0 Å². The van der Waals surface area contributed by atoms with Gasteiger partial charge in [-0.3, -0.25) is 14.6 Å². The van der Waals surface area contributed by atoms with Crippen LogP contribution in [0.25, 0.3) is 0 Å². The third kappa shape index (κ3) is 4.36. The lowest BCUT2D eigenvalue weighted by Gasteiger charge is -2.36. The van der Waals surface area contributed by atoms with E-state index in [1.807, 2.05) is 0 Å². The zero-order chi connectivity index (χ0) is 20.1. The van der Waals surface area contributed by atoms with Crippen molar-refractivity contribution in [2.75, 3.05) is 5.32 Å². The Morgan fingerprint density at radius 1 is 1.07 bits per heavy atom. The van der Waals surface area contributed by atoms with Crippen molar-refractivity contribution < 1.29 is 19.5 Å². The molecule has 28 heavy (non-hydrogen) atoms. The first-order chi connectivity index (χ1) is 13.4. The number of hydrogen-bond acceptors (Lipinski definition) is 4. The standard InChI is InChI=1S/C21H23N3O4/c1-14-7-9-21(10-8-14,20(27)28)24-19(26)15-4-2-6-17(12-15)23-18(25)16-5-3-11-22-13-16/h2-6,11-14H,7-10H2,1H3,(H,23,25)(H,24,26)(H,27,28). The first-order valence-electron chi connectivity index (χ1n) is 9.27. The number of rotatable bonds is 5. The van der Waals surface area contributed by atoms with Crippen LogP contribution < -0.4 is 10.6 Å². The van der Waals surface area contributed by atoms with Crippen LogP contribution in [-0.2, 0) is 4.79 Å². The fourth-order valence-electron chi connectivity index (χ4n) is 3.38. The second-order valence-electron chi connectivity index (χ2n) is 7.30. The highest BCUT2D eigenvalue weighted by molar-refractivity contribution is 6.05. The number of carbonyl (C=O) groups is 3. The summed E-state index contributed by atoms with van der Waals surface area (Å²) in [6.07, 6.45) is 5.36. The number of carboxylic acid groups (broad SMARTS) is 1. The average Bonchev–Trinajstić information content (AvgIpc) is 2.70. The second kappa shape index (κ2) is 8.21. The Morgan fingerprint density at radius 2 is 1.79 bits per heavy atom.